The number of nitrogens with two attached hydrogens (primary N) is 1. The molecule has 118 valence electrons. The average Bonchev–Trinajstić information content (AvgIpc) is 2.83. The van der Waals surface area contributed by atoms with Crippen molar-refractivity contribution in [2.24, 2.45) is 22.6 Å². The van der Waals surface area contributed by atoms with Gasteiger partial charge < -0.3 is 4.84 Å². The molecule has 2 saturated carbocycles. The van der Waals surface area contributed by atoms with Gasteiger partial charge in [-0.2, -0.15) is 5.90 Å². The monoisotopic (exact) mass is 303 g/mol. The zero-order valence-corrected chi connectivity index (χ0v) is 13.1. The number of carbonyl (C=O) groups is 3. The highest BCUT2D eigenvalue weighted by Crippen LogP contribution is 2.61. The molecule has 0 aliphatic heterocycles. The number of benzene rings is 1. The summed E-state index contributed by atoms with van der Waals surface area (Å²) in [4.78, 5) is 37.7. The molecule has 3 rings (SSSR count). The van der Waals surface area contributed by atoms with Crippen LogP contribution in [0.5, 0.6) is 0 Å². The Morgan fingerprint density at radius 2 is 1.77 bits per heavy atom. The molecule has 5 heteroatoms. The first-order valence-corrected chi connectivity index (χ1v) is 7.30. The van der Waals surface area contributed by atoms with Gasteiger partial charge in [0.25, 0.3) is 0 Å². The lowest BCUT2D eigenvalue weighted by atomic mass is 9.70. The summed E-state index contributed by atoms with van der Waals surface area (Å²) in [6.07, 6.45) is 1.81. The standard InChI is InChI=1S/C10H14O2.C7H7NO2/c1-9(2)6-4-5-10(9,3)8(12)7(6)11;8-10-7(9)6-4-2-1-3-5-6/h6H,4-5H2,1-3H3;1-5H,8H2. The number of hydrogen-bond acceptors (Lipinski definition) is 5. The van der Waals surface area contributed by atoms with E-state index in [-0.39, 0.29) is 28.3 Å². The summed E-state index contributed by atoms with van der Waals surface area (Å²) in [7, 11) is 0. The SMILES string of the molecule is CC12CCC(C(=O)C1=O)C2(C)C.NOC(=O)c1ccccc1. The van der Waals surface area contributed by atoms with E-state index in [2.05, 4.69) is 10.7 Å². The zero-order valence-electron chi connectivity index (χ0n) is 13.1. The maximum absolute atomic E-state index is 11.6. The van der Waals surface area contributed by atoms with Crippen molar-refractivity contribution in [3.63, 3.8) is 0 Å². The normalized spacial score (nSPS) is 28.1. The maximum atomic E-state index is 11.6. The molecule has 2 N–H and O–H groups in total. The summed E-state index contributed by atoms with van der Waals surface area (Å²) < 4.78 is 0. The van der Waals surface area contributed by atoms with E-state index in [4.69, 9.17) is 0 Å². The van der Waals surface area contributed by atoms with Crippen LogP contribution in [-0.2, 0) is 14.4 Å². The van der Waals surface area contributed by atoms with Crippen LogP contribution in [0, 0.1) is 16.7 Å². The summed E-state index contributed by atoms with van der Waals surface area (Å²) in [6, 6.07) is 8.57. The van der Waals surface area contributed by atoms with Gasteiger partial charge in [-0.1, -0.05) is 39.0 Å². The van der Waals surface area contributed by atoms with Gasteiger partial charge in [-0.15, -0.1) is 0 Å². The number of rotatable bonds is 1. The van der Waals surface area contributed by atoms with E-state index < -0.39 is 5.97 Å². The van der Waals surface area contributed by atoms with Crippen LogP contribution in [0.2, 0.25) is 0 Å². The molecular weight excluding hydrogens is 282 g/mol. The first-order chi connectivity index (χ1) is 10.3. The van der Waals surface area contributed by atoms with E-state index in [1.54, 1.807) is 24.3 Å². The number of Topliss-reactive ketones (excluding diaryl/α,β-unsaturated/α-hetero) is 2. The highest BCUT2D eigenvalue weighted by Gasteiger charge is 2.66. The second kappa shape index (κ2) is 5.65. The lowest BCUT2D eigenvalue weighted by Crippen LogP contribution is -2.33. The van der Waals surface area contributed by atoms with Crippen LogP contribution in [0.1, 0.15) is 44.0 Å². The third kappa shape index (κ3) is 2.35. The summed E-state index contributed by atoms with van der Waals surface area (Å²) in [5.74, 6) is 3.91. The quantitative estimate of drug-likeness (QED) is 0.635. The fourth-order valence-corrected chi connectivity index (χ4v) is 3.44. The van der Waals surface area contributed by atoms with Crippen molar-refractivity contribution in [1.29, 1.82) is 0 Å². The molecule has 1 aromatic rings. The van der Waals surface area contributed by atoms with Crippen LogP contribution in [0.3, 0.4) is 0 Å². The van der Waals surface area contributed by atoms with Gasteiger partial charge in [-0.05, 0) is 30.4 Å². The first kappa shape index (κ1) is 16.4. The van der Waals surface area contributed by atoms with Crippen LogP contribution >= 0.6 is 0 Å². The highest BCUT2D eigenvalue weighted by atomic mass is 16.7. The molecule has 2 bridgehead atoms. The number of fused-ring (bicyclic) bond motifs is 2. The van der Waals surface area contributed by atoms with Crippen LogP contribution in [-0.4, -0.2) is 17.5 Å². The van der Waals surface area contributed by atoms with Crippen molar-refractivity contribution in [3.8, 4) is 0 Å². The van der Waals surface area contributed by atoms with E-state index in [9.17, 15) is 14.4 Å². The molecule has 2 aliphatic rings. The topological polar surface area (TPSA) is 86.5 Å². The number of ketones is 2. The Morgan fingerprint density at radius 3 is 2.14 bits per heavy atom. The van der Waals surface area contributed by atoms with Gasteiger partial charge in [0.05, 0.1) is 5.56 Å². The number of carbonyl (C=O) groups excluding carboxylic acids is 3. The van der Waals surface area contributed by atoms with Crippen molar-refractivity contribution < 1.29 is 19.2 Å². The van der Waals surface area contributed by atoms with Gasteiger partial charge >= 0.3 is 5.97 Å². The third-order valence-corrected chi connectivity index (χ3v) is 5.38. The van der Waals surface area contributed by atoms with Crippen molar-refractivity contribution in [2.45, 2.75) is 33.6 Å². The Hall–Kier alpha value is -2.01. The fraction of sp³-hybridized carbons (Fsp3) is 0.471. The van der Waals surface area contributed by atoms with Crippen molar-refractivity contribution in [3.05, 3.63) is 35.9 Å². The summed E-state index contributed by atoms with van der Waals surface area (Å²) in [6.45, 7) is 6.04. The Labute approximate surface area is 129 Å². The van der Waals surface area contributed by atoms with Gasteiger partial charge in [0.1, 0.15) is 0 Å². The molecule has 0 amide bonds. The van der Waals surface area contributed by atoms with Crippen LogP contribution in [0.25, 0.3) is 0 Å². The predicted octanol–water partition coefficient (Wildman–Crippen LogP) is 2.30. The average molecular weight is 303 g/mol. The van der Waals surface area contributed by atoms with Gasteiger partial charge in [0.2, 0.25) is 11.6 Å². The molecule has 2 atom stereocenters. The molecule has 2 fully saturated rings. The largest absolute Gasteiger partial charge is 0.370 e. The van der Waals surface area contributed by atoms with E-state index in [1.165, 1.54) is 0 Å². The summed E-state index contributed by atoms with van der Waals surface area (Å²) in [5.41, 5.74) is 0.0145. The van der Waals surface area contributed by atoms with Crippen LogP contribution in [0.15, 0.2) is 30.3 Å². The minimum atomic E-state index is -0.513. The Kier molecular flexibility index (Phi) is 4.20. The van der Waals surface area contributed by atoms with Gasteiger partial charge in [-0.25, -0.2) is 4.79 Å². The van der Waals surface area contributed by atoms with Gasteiger partial charge in [0, 0.05) is 11.3 Å². The Bertz CT molecular complexity index is 608. The predicted molar refractivity (Wildman–Crippen MR) is 80.7 cm³/mol. The van der Waals surface area contributed by atoms with E-state index >= 15 is 0 Å². The second-order valence-corrected chi connectivity index (χ2v) is 6.61. The molecule has 0 saturated heterocycles. The van der Waals surface area contributed by atoms with Gasteiger partial charge in [-0.3, -0.25) is 9.59 Å². The Morgan fingerprint density at radius 1 is 1.18 bits per heavy atom. The summed E-state index contributed by atoms with van der Waals surface area (Å²) in [5, 5.41) is 0. The van der Waals surface area contributed by atoms with Crippen LogP contribution < -0.4 is 5.90 Å². The van der Waals surface area contributed by atoms with E-state index in [1.807, 2.05) is 26.8 Å². The fourth-order valence-electron chi connectivity index (χ4n) is 3.44. The highest BCUT2D eigenvalue weighted by molar-refractivity contribution is 6.43. The smallest absolute Gasteiger partial charge is 0.356 e. The van der Waals surface area contributed by atoms with Crippen molar-refractivity contribution in [2.75, 3.05) is 0 Å². The molecule has 2 aliphatic carbocycles. The minimum absolute atomic E-state index is 0.00926. The van der Waals surface area contributed by atoms with E-state index in [0.717, 1.165) is 12.8 Å². The third-order valence-electron chi connectivity index (χ3n) is 5.38. The van der Waals surface area contributed by atoms with Crippen molar-refractivity contribution >= 4 is 17.5 Å². The molecule has 2 unspecified atom stereocenters. The van der Waals surface area contributed by atoms with Crippen LogP contribution in [0.4, 0.5) is 0 Å². The van der Waals surface area contributed by atoms with Crippen molar-refractivity contribution in [1.82, 2.24) is 0 Å². The molecule has 0 radical (unpaired) electrons. The molecule has 22 heavy (non-hydrogen) atoms. The lowest BCUT2D eigenvalue weighted by molar-refractivity contribution is -0.141. The minimum Gasteiger partial charge on any atom is -0.370 e. The second-order valence-electron chi connectivity index (χ2n) is 6.61. The maximum Gasteiger partial charge on any atom is 0.356 e. The lowest BCUT2D eigenvalue weighted by Gasteiger charge is -2.31. The molecule has 0 aromatic heterocycles. The molecule has 5 nitrogen and oxygen atoms in total. The van der Waals surface area contributed by atoms with Gasteiger partial charge in [0.15, 0.2) is 0 Å². The zero-order chi connectivity index (χ0) is 16.5. The first-order valence-electron chi connectivity index (χ1n) is 7.30. The molecule has 0 spiro atoms. The molecule has 0 heterocycles. The Balaban J connectivity index is 0.000000164. The number of hydrogen-bond donors (Lipinski definition) is 1. The van der Waals surface area contributed by atoms with E-state index in [0.29, 0.717) is 5.56 Å². The summed E-state index contributed by atoms with van der Waals surface area (Å²) >= 11 is 0. The molecule has 1 aromatic carbocycles. The molecular formula is C17H21NO4.